The van der Waals surface area contributed by atoms with Crippen LogP contribution in [0.25, 0.3) is 0 Å². The Morgan fingerprint density at radius 1 is 1.15 bits per heavy atom. The second-order valence-electron chi connectivity index (χ2n) is 5.09. The summed E-state index contributed by atoms with van der Waals surface area (Å²) in [6, 6.07) is 5.93. The summed E-state index contributed by atoms with van der Waals surface area (Å²) in [5.74, 6) is 2.19. The van der Waals surface area contributed by atoms with Crippen LogP contribution < -0.4 is 5.32 Å². The number of nitrogens with one attached hydrogen (secondary N) is 1. The monoisotopic (exact) mass is 269 g/mol. The Morgan fingerprint density at radius 3 is 2.65 bits per heavy atom. The number of fused-ring (bicyclic) bond motifs is 1. The maximum Gasteiger partial charge on any atom is 0.221 e. The quantitative estimate of drug-likeness (QED) is 0.658. The molecule has 0 bridgehead atoms. The van der Waals surface area contributed by atoms with Gasteiger partial charge in [-0.1, -0.05) is 18.1 Å². The van der Waals surface area contributed by atoms with Crippen LogP contribution in [0.4, 0.5) is 0 Å². The molecule has 0 atom stereocenters. The van der Waals surface area contributed by atoms with E-state index in [9.17, 15) is 9.59 Å². The van der Waals surface area contributed by atoms with Gasteiger partial charge in [-0.15, -0.1) is 6.42 Å². The number of benzene rings is 1. The number of aryl methyl sites for hydroxylation is 2. The van der Waals surface area contributed by atoms with Crippen LogP contribution in [0.5, 0.6) is 0 Å². The summed E-state index contributed by atoms with van der Waals surface area (Å²) in [6.45, 7) is 0.214. The van der Waals surface area contributed by atoms with Crippen molar-refractivity contribution in [2.45, 2.75) is 38.5 Å². The van der Waals surface area contributed by atoms with Crippen LogP contribution in [-0.2, 0) is 17.6 Å². The lowest BCUT2D eigenvalue weighted by atomic mass is 9.89. The van der Waals surface area contributed by atoms with Crippen molar-refractivity contribution >= 4 is 11.7 Å². The van der Waals surface area contributed by atoms with Crippen LogP contribution >= 0.6 is 0 Å². The summed E-state index contributed by atoms with van der Waals surface area (Å²) in [5.41, 5.74) is 3.37. The van der Waals surface area contributed by atoms with Crippen molar-refractivity contribution in [1.29, 1.82) is 0 Å². The van der Waals surface area contributed by atoms with Crippen LogP contribution in [0, 0.1) is 12.3 Å². The molecule has 3 nitrogen and oxygen atoms in total. The highest BCUT2D eigenvalue weighted by Crippen LogP contribution is 2.22. The molecule has 104 valence electrons. The fourth-order valence-electron chi connectivity index (χ4n) is 2.52. The SMILES string of the molecule is C#CCNC(=O)CCC(=O)c1ccc2c(c1)CCCC2. The summed E-state index contributed by atoms with van der Waals surface area (Å²) in [5, 5.41) is 2.56. The smallest absolute Gasteiger partial charge is 0.221 e. The van der Waals surface area contributed by atoms with Gasteiger partial charge in [0.15, 0.2) is 5.78 Å². The Bertz CT molecular complexity index is 555. The number of hydrogen-bond donors (Lipinski definition) is 1. The van der Waals surface area contributed by atoms with E-state index < -0.39 is 0 Å². The fraction of sp³-hybridized carbons (Fsp3) is 0.412. The molecule has 0 radical (unpaired) electrons. The molecular formula is C17H19NO2. The molecule has 1 aromatic carbocycles. The third-order valence-electron chi connectivity index (χ3n) is 3.64. The first-order chi connectivity index (χ1) is 9.70. The zero-order chi connectivity index (χ0) is 14.4. The summed E-state index contributed by atoms with van der Waals surface area (Å²) < 4.78 is 0. The lowest BCUT2D eigenvalue weighted by Gasteiger charge is -2.16. The average Bonchev–Trinajstić information content (AvgIpc) is 2.50. The molecule has 3 heteroatoms. The molecule has 0 saturated heterocycles. The molecule has 1 amide bonds. The molecule has 0 heterocycles. The molecule has 0 unspecified atom stereocenters. The zero-order valence-electron chi connectivity index (χ0n) is 11.6. The number of amides is 1. The van der Waals surface area contributed by atoms with Crippen molar-refractivity contribution < 1.29 is 9.59 Å². The number of carbonyl (C=O) groups is 2. The lowest BCUT2D eigenvalue weighted by Crippen LogP contribution is -2.23. The summed E-state index contributed by atoms with van der Waals surface area (Å²) in [6.07, 6.45) is 10.1. The minimum Gasteiger partial charge on any atom is -0.345 e. The van der Waals surface area contributed by atoms with Gasteiger partial charge in [-0.2, -0.15) is 0 Å². The summed E-state index contributed by atoms with van der Waals surface area (Å²) in [7, 11) is 0. The average molecular weight is 269 g/mol. The molecule has 1 aromatic rings. The van der Waals surface area contributed by atoms with Gasteiger partial charge in [0.25, 0.3) is 0 Å². The highest BCUT2D eigenvalue weighted by molar-refractivity contribution is 5.98. The minimum atomic E-state index is -0.172. The van der Waals surface area contributed by atoms with E-state index >= 15 is 0 Å². The van der Waals surface area contributed by atoms with Crippen LogP contribution in [0.15, 0.2) is 18.2 Å². The Labute approximate surface area is 119 Å². The Balaban J connectivity index is 1.93. The molecular weight excluding hydrogens is 250 g/mol. The topological polar surface area (TPSA) is 46.2 Å². The first kappa shape index (κ1) is 14.3. The fourth-order valence-corrected chi connectivity index (χ4v) is 2.52. The molecule has 1 N–H and O–H groups in total. The number of Topliss-reactive ketones (excluding diaryl/α,β-unsaturated/α-hetero) is 1. The highest BCUT2D eigenvalue weighted by Gasteiger charge is 2.13. The predicted octanol–water partition coefficient (Wildman–Crippen LogP) is 2.28. The normalized spacial score (nSPS) is 13.2. The lowest BCUT2D eigenvalue weighted by molar-refractivity contribution is -0.120. The first-order valence-corrected chi connectivity index (χ1v) is 7.06. The second kappa shape index (κ2) is 6.91. The number of ketones is 1. The van der Waals surface area contributed by atoms with Gasteiger partial charge in [0.1, 0.15) is 0 Å². The van der Waals surface area contributed by atoms with Gasteiger partial charge in [0.05, 0.1) is 6.54 Å². The van der Waals surface area contributed by atoms with E-state index in [4.69, 9.17) is 6.42 Å². The predicted molar refractivity (Wildman–Crippen MR) is 78.5 cm³/mol. The number of hydrogen-bond acceptors (Lipinski definition) is 2. The molecule has 0 spiro atoms. The molecule has 0 saturated carbocycles. The number of carbonyl (C=O) groups excluding carboxylic acids is 2. The number of terminal acetylenes is 1. The third kappa shape index (κ3) is 3.71. The maximum absolute atomic E-state index is 12.1. The van der Waals surface area contributed by atoms with Gasteiger partial charge in [0, 0.05) is 18.4 Å². The molecule has 20 heavy (non-hydrogen) atoms. The van der Waals surface area contributed by atoms with Crippen molar-refractivity contribution in [2.24, 2.45) is 0 Å². The van der Waals surface area contributed by atoms with E-state index in [-0.39, 0.29) is 31.1 Å². The van der Waals surface area contributed by atoms with Gasteiger partial charge in [-0.25, -0.2) is 0 Å². The minimum absolute atomic E-state index is 0.0224. The Morgan fingerprint density at radius 2 is 1.90 bits per heavy atom. The van der Waals surface area contributed by atoms with Crippen molar-refractivity contribution in [1.82, 2.24) is 5.32 Å². The van der Waals surface area contributed by atoms with E-state index in [1.54, 1.807) is 0 Å². The zero-order valence-corrected chi connectivity index (χ0v) is 11.6. The van der Waals surface area contributed by atoms with Gasteiger partial charge in [-0.05, 0) is 42.9 Å². The standard InChI is InChI=1S/C17H19NO2/c1-2-11-18-17(20)10-9-16(19)15-8-7-13-5-3-4-6-14(13)12-15/h1,7-8,12H,3-6,9-11H2,(H,18,20). The molecule has 0 fully saturated rings. The van der Waals surface area contributed by atoms with Crippen molar-refractivity contribution in [2.75, 3.05) is 6.54 Å². The Kier molecular flexibility index (Phi) is 4.95. The second-order valence-corrected chi connectivity index (χ2v) is 5.09. The molecule has 0 aliphatic heterocycles. The van der Waals surface area contributed by atoms with E-state index in [1.807, 2.05) is 12.1 Å². The van der Waals surface area contributed by atoms with E-state index in [1.165, 1.54) is 24.0 Å². The van der Waals surface area contributed by atoms with Gasteiger partial charge >= 0.3 is 0 Å². The third-order valence-corrected chi connectivity index (χ3v) is 3.64. The Hall–Kier alpha value is -2.08. The van der Waals surface area contributed by atoms with E-state index in [0.717, 1.165) is 18.4 Å². The highest BCUT2D eigenvalue weighted by atomic mass is 16.2. The van der Waals surface area contributed by atoms with Crippen LogP contribution in [0.1, 0.15) is 47.2 Å². The molecule has 2 rings (SSSR count). The van der Waals surface area contributed by atoms with Gasteiger partial charge in [0.2, 0.25) is 5.91 Å². The van der Waals surface area contributed by atoms with Crippen LogP contribution in [-0.4, -0.2) is 18.2 Å². The van der Waals surface area contributed by atoms with Gasteiger partial charge in [-0.3, -0.25) is 9.59 Å². The molecule has 1 aliphatic carbocycles. The first-order valence-electron chi connectivity index (χ1n) is 7.06. The van der Waals surface area contributed by atoms with E-state index in [2.05, 4.69) is 17.3 Å². The van der Waals surface area contributed by atoms with Crippen LogP contribution in [0.2, 0.25) is 0 Å². The molecule has 0 aromatic heterocycles. The molecule has 1 aliphatic rings. The van der Waals surface area contributed by atoms with E-state index in [0.29, 0.717) is 0 Å². The summed E-state index contributed by atoms with van der Waals surface area (Å²) >= 11 is 0. The maximum atomic E-state index is 12.1. The van der Waals surface area contributed by atoms with Crippen LogP contribution in [0.3, 0.4) is 0 Å². The van der Waals surface area contributed by atoms with Crippen molar-refractivity contribution in [3.8, 4) is 12.3 Å². The largest absolute Gasteiger partial charge is 0.345 e. The van der Waals surface area contributed by atoms with Crippen molar-refractivity contribution in [3.05, 3.63) is 34.9 Å². The van der Waals surface area contributed by atoms with Gasteiger partial charge < -0.3 is 5.32 Å². The number of rotatable bonds is 5. The van der Waals surface area contributed by atoms with Crippen molar-refractivity contribution in [3.63, 3.8) is 0 Å². The summed E-state index contributed by atoms with van der Waals surface area (Å²) in [4.78, 5) is 23.5.